The molecule has 0 bridgehead atoms. The molecule has 0 aliphatic carbocycles. The summed E-state index contributed by atoms with van der Waals surface area (Å²) in [4.78, 5) is 4.22. The number of para-hydroxylation sites is 1. The van der Waals surface area contributed by atoms with Gasteiger partial charge < -0.3 is 15.4 Å². The number of nitrogens with zero attached hydrogens (tertiary/aromatic N) is 2. The number of hydrogen-bond donors (Lipinski definition) is 2. The maximum atomic E-state index is 11.9. The van der Waals surface area contributed by atoms with Gasteiger partial charge in [-0.05, 0) is 37.1 Å². The lowest BCUT2D eigenvalue weighted by Crippen LogP contribution is -2.41. The summed E-state index contributed by atoms with van der Waals surface area (Å²) in [6, 6.07) is 15.8. The van der Waals surface area contributed by atoms with Gasteiger partial charge in [-0.2, -0.15) is 0 Å². The molecule has 30 heavy (non-hydrogen) atoms. The van der Waals surface area contributed by atoms with Crippen molar-refractivity contribution >= 4 is 40.0 Å². The van der Waals surface area contributed by atoms with Crippen LogP contribution >= 0.6 is 24.0 Å². The molecule has 0 radical (unpaired) electrons. The second kappa shape index (κ2) is 11.5. The molecule has 7 nitrogen and oxygen atoms in total. The monoisotopic (exact) mass is 544 g/mol. The van der Waals surface area contributed by atoms with Gasteiger partial charge in [0.1, 0.15) is 11.5 Å². The molecular weight excluding hydrogens is 515 g/mol. The maximum absolute atomic E-state index is 11.9. The second-order valence-electron chi connectivity index (χ2n) is 6.95. The summed E-state index contributed by atoms with van der Waals surface area (Å²) in [5.41, 5.74) is 2.12. The number of rotatable bonds is 7. The van der Waals surface area contributed by atoms with Gasteiger partial charge in [0.05, 0.1) is 5.75 Å². The first kappa shape index (κ1) is 24.4. The highest BCUT2D eigenvalue weighted by atomic mass is 127. The van der Waals surface area contributed by atoms with E-state index in [1.54, 1.807) is 7.05 Å². The summed E-state index contributed by atoms with van der Waals surface area (Å²) < 4.78 is 31.3. The van der Waals surface area contributed by atoms with Crippen molar-refractivity contribution in [3.8, 4) is 11.5 Å². The molecule has 1 aliphatic rings. The zero-order valence-electron chi connectivity index (χ0n) is 17.3. The van der Waals surface area contributed by atoms with E-state index in [1.165, 1.54) is 4.31 Å². The Balaban J connectivity index is 0.00000320. The van der Waals surface area contributed by atoms with Crippen LogP contribution in [0.4, 0.5) is 0 Å². The van der Waals surface area contributed by atoms with E-state index in [1.807, 2.05) is 55.5 Å². The minimum atomic E-state index is -3.07. The number of ether oxygens (including phenoxy) is 1. The van der Waals surface area contributed by atoms with E-state index in [0.717, 1.165) is 22.6 Å². The molecule has 3 rings (SSSR count). The van der Waals surface area contributed by atoms with Crippen LogP contribution in [0.25, 0.3) is 0 Å². The molecular formula is C21H29IN4O3S. The normalized spacial score (nSPS) is 16.0. The highest BCUT2D eigenvalue weighted by molar-refractivity contribution is 14.0. The third-order valence-electron chi connectivity index (χ3n) is 4.72. The average Bonchev–Trinajstić information content (AvgIpc) is 3.04. The molecule has 1 saturated heterocycles. The molecule has 0 aromatic heterocycles. The standard InChI is InChI=1S/C21H28N4O3S.HI/c1-17-9-10-18(20(15-17)28-19-7-4-3-5-8-19)16-24-21(22-2)23-11-13-25-12-6-14-29(25,26)27;/h3-5,7-10,15H,6,11-14,16H2,1-2H3,(H2,22,23,24);1H. The van der Waals surface area contributed by atoms with Crippen molar-refractivity contribution in [2.45, 2.75) is 19.9 Å². The molecule has 0 saturated carbocycles. The SMILES string of the molecule is CN=C(NCCN1CCCS1(=O)=O)NCc1ccc(C)cc1Oc1ccccc1.I. The van der Waals surface area contributed by atoms with E-state index in [-0.39, 0.29) is 29.7 Å². The Morgan fingerprint density at radius 1 is 1.17 bits per heavy atom. The molecule has 2 N–H and O–H groups in total. The Kier molecular flexibility index (Phi) is 9.37. The number of sulfonamides is 1. The number of nitrogens with one attached hydrogen (secondary N) is 2. The Bertz CT molecular complexity index is 952. The molecule has 1 aliphatic heterocycles. The first-order valence-electron chi connectivity index (χ1n) is 9.73. The highest BCUT2D eigenvalue weighted by Gasteiger charge is 2.27. The Hall–Kier alpha value is -1.85. The molecule has 2 aromatic carbocycles. The average molecular weight is 544 g/mol. The zero-order valence-corrected chi connectivity index (χ0v) is 20.4. The lowest BCUT2D eigenvalue weighted by Gasteiger charge is -2.17. The third kappa shape index (κ3) is 6.85. The minimum Gasteiger partial charge on any atom is -0.457 e. The van der Waals surface area contributed by atoms with Gasteiger partial charge in [0.25, 0.3) is 0 Å². The summed E-state index contributed by atoms with van der Waals surface area (Å²) in [6.07, 6.45) is 0.701. The smallest absolute Gasteiger partial charge is 0.214 e. The number of hydrogen-bond acceptors (Lipinski definition) is 4. The fourth-order valence-corrected chi connectivity index (χ4v) is 4.69. The lowest BCUT2D eigenvalue weighted by atomic mass is 10.1. The summed E-state index contributed by atoms with van der Waals surface area (Å²) >= 11 is 0. The van der Waals surface area contributed by atoms with E-state index in [0.29, 0.717) is 38.6 Å². The van der Waals surface area contributed by atoms with Crippen LogP contribution in [0.2, 0.25) is 0 Å². The Morgan fingerprint density at radius 2 is 1.93 bits per heavy atom. The molecule has 2 aromatic rings. The van der Waals surface area contributed by atoms with Crippen LogP contribution in [-0.2, 0) is 16.6 Å². The van der Waals surface area contributed by atoms with Crippen LogP contribution in [0.1, 0.15) is 17.5 Å². The van der Waals surface area contributed by atoms with Gasteiger partial charge in [0.2, 0.25) is 10.0 Å². The number of aliphatic imine (C=N–C) groups is 1. The molecule has 0 atom stereocenters. The van der Waals surface area contributed by atoms with Crippen LogP contribution in [0, 0.1) is 6.92 Å². The molecule has 164 valence electrons. The Morgan fingerprint density at radius 3 is 2.60 bits per heavy atom. The first-order valence-corrected chi connectivity index (χ1v) is 11.3. The molecule has 0 amide bonds. The van der Waals surface area contributed by atoms with Crippen molar-refractivity contribution < 1.29 is 13.2 Å². The van der Waals surface area contributed by atoms with E-state index in [4.69, 9.17) is 4.74 Å². The topological polar surface area (TPSA) is 83.0 Å². The first-order chi connectivity index (χ1) is 14.0. The van der Waals surface area contributed by atoms with Gasteiger partial charge in [0, 0.05) is 38.8 Å². The number of halogens is 1. The van der Waals surface area contributed by atoms with E-state index in [9.17, 15) is 8.42 Å². The minimum absolute atomic E-state index is 0. The number of aryl methyl sites for hydroxylation is 1. The predicted octanol–water partition coefficient (Wildman–Crippen LogP) is 3.11. The van der Waals surface area contributed by atoms with Crippen molar-refractivity contribution in [1.82, 2.24) is 14.9 Å². The van der Waals surface area contributed by atoms with E-state index >= 15 is 0 Å². The second-order valence-corrected chi connectivity index (χ2v) is 9.04. The van der Waals surface area contributed by atoms with Crippen LogP contribution < -0.4 is 15.4 Å². The Labute approximate surface area is 196 Å². The molecule has 1 heterocycles. The highest BCUT2D eigenvalue weighted by Crippen LogP contribution is 2.26. The fourth-order valence-electron chi connectivity index (χ4n) is 3.16. The maximum Gasteiger partial charge on any atom is 0.214 e. The lowest BCUT2D eigenvalue weighted by molar-refractivity contribution is 0.445. The van der Waals surface area contributed by atoms with E-state index < -0.39 is 10.0 Å². The predicted molar refractivity (Wildman–Crippen MR) is 131 cm³/mol. The molecule has 9 heteroatoms. The van der Waals surface area contributed by atoms with Crippen LogP contribution in [0.5, 0.6) is 11.5 Å². The molecule has 0 unspecified atom stereocenters. The zero-order chi connectivity index (χ0) is 20.7. The number of benzene rings is 2. The van der Waals surface area contributed by atoms with Crippen molar-refractivity contribution in [3.63, 3.8) is 0 Å². The quantitative estimate of drug-likeness (QED) is 0.318. The van der Waals surface area contributed by atoms with Crippen molar-refractivity contribution in [3.05, 3.63) is 59.7 Å². The van der Waals surface area contributed by atoms with Gasteiger partial charge in [0.15, 0.2) is 5.96 Å². The van der Waals surface area contributed by atoms with Gasteiger partial charge in [-0.25, -0.2) is 12.7 Å². The van der Waals surface area contributed by atoms with Gasteiger partial charge in [-0.15, -0.1) is 24.0 Å². The van der Waals surface area contributed by atoms with Crippen LogP contribution in [0.15, 0.2) is 53.5 Å². The van der Waals surface area contributed by atoms with Gasteiger partial charge in [-0.3, -0.25) is 4.99 Å². The summed E-state index contributed by atoms with van der Waals surface area (Å²) in [5, 5.41) is 6.45. The van der Waals surface area contributed by atoms with E-state index in [2.05, 4.69) is 15.6 Å². The summed E-state index contributed by atoms with van der Waals surface area (Å²) in [5.74, 6) is 2.45. The fraction of sp³-hybridized carbons (Fsp3) is 0.381. The van der Waals surface area contributed by atoms with Crippen molar-refractivity contribution in [1.29, 1.82) is 0 Å². The van der Waals surface area contributed by atoms with Crippen LogP contribution in [0.3, 0.4) is 0 Å². The van der Waals surface area contributed by atoms with Crippen LogP contribution in [-0.4, -0.2) is 51.1 Å². The van der Waals surface area contributed by atoms with Gasteiger partial charge in [-0.1, -0.05) is 30.3 Å². The largest absolute Gasteiger partial charge is 0.457 e. The third-order valence-corrected chi connectivity index (χ3v) is 6.68. The van der Waals surface area contributed by atoms with Crippen molar-refractivity contribution in [2.75, 3.05) is 32.4 Å². The molecule has 1 fully saturated rings. The molecule has 0 spiro atoms. The summed E-state index contributed by atoms with van der Waals surface area (Å²) in [7, 11) is -1.38. The van der Waals surface area contributed by atoms with Gasteiger partial charge >= 0.3 is 0 Å². The summed E-state index contributed by atoms with van der Waals surface area (Å²) in [6.45, 7) is 4.10. The number of guanidine groups is 1. The van der Waals surface area contributed by atoms with Crippen molar-refractivity contribution in [2.24, 2.45) is 4.99 Å².